The molecule has 7 nitrogen and oxygen atoms in total. The van der Waals surface area contributed by atoms with Gasteiger partial charge in [-0.2, -0.15) is 0 Å². The van der Waals surface area contributed by atoms with Gasteiger partial charge in [0.05, 0.1) is 12.7 Å². The second kappa shape index (κ2) is 12.9. The Balaban J connectivity index is 0.000000640. The minimum Gasteiger partial charge on any atom is -0.480 e. The standard InChI is InChI=1S/C13H23NO3.C4H9NO2/c1-3-5-10-7-12(13(16)17)14(8-10)9-11(15)6-4-2;1-4(7)5-2-3-6/h3,5,10-12,15H,4,6-9H2,1-2H3,(H,16,17);6H,2-3H2,1H3,(H,5,7)/t10-,11?,12-;/m1./s1. The molecule has 1 heterocycles. The van der Waals surface area contributed by atoms with Crippen molar-refractivity contribution in [3.05, 3.63) is 12.2 Å². The van der Waals surface area contributed by atoms with Crippen LogP contribution in [0.15, 0.2) is 12.2 Å². The number of allylic oxidation sites excluding steroid dienone is 1. The van der Waals surface area contributed by atoms with Gasteiger partial charge in [0.25, 0.3) is 0 Å². The molecule has 24 heavy (non-hydrogen) atoms. The summed E-state index contributed by atoms with van der Waals surface area (Å²) in [6, 6.07) is -0.442. The zero-order valence-corrected chi connectivity index (χ0v) is 14.9. The van der Waals surface area contributed by atoms with E-state index >= 15 is 0 Å². The molecule has 4 N–H and O–H groups in total. The van der Waals surface area contributed by atoms with Crippen LogP contribution in [0.25, 0.3) is 0 Å². The van der Waals surface area contributed by atoms with E-state index in [4.69, 9.17) is 10.2 Å². The molecule has 1 rings (SSSR count). The number of likely N-dealkylation sites (tertiary alicyclic amines) is 1. The zero-order valence-electron chi connectivity index (χ0n) is 14.9. The van der Waals surface area contributed by atoms with Gasteiger partial charge in [0.1, 0.15) is 6.04 Å². The summed E-state index contributed by atoms with van der Waals surface area (Å²) in [6.07, 6.45) is 5.92. The third-order valence-corrected chi connectivity index (χ3v) is 3.74. The van der Waals surface area contributed by atoms with Crippen LogP contribution in [-0.4, -0.2) is 70.5 Å². The van der Waals surface area contributed by atoms with Crippen LogP contribution in [0.5, 0.6) is 0 Å². The highest BCUT2D eigenvalue weighted by Crippen LogP contribution is 2.25. The Morgan fingerprint density at radius 3 is 2.50 bits per heavy atom. The Morgan fingerprint density at radius 1 is 1.42 bits per heavy atom. The number of aliphatic hydroxyl groups excluding tert-OH is 2. The number of carbonyl (C=O) groups excluding carboxylic acids is 1. The summed E-state index contributed by atoms with van der Waals surface area (Å²) in [5.41, 5.74) is 0. The van der Waals surface area contributed by atoms with Gasteiger partial charge in [-0.1, -0.05) is 25.5 Å². The highest BCUT2D eigenvalue weighted by molar-refractivity contribution is 5.74. The lowest BCUT2D eigenvalue weighted by Crippen LogP contribution is -2.40. The van der Waals surface area contributed by atoms with Crippen molar-refractivity contribution in [1.82, 2.24) is 10.2 Å². The van der Waals surface area contributed by atoms with Crippen molar-refractivity contribution in [2.45, 2.75) is 52.2 Å². The molecule has 0 aromatic rings. The smallest absolute Gasteiger partial charge is 0.320 e. The predicted molar refractivity (Wildman–Crippen MR) is 92.6 cm³/mol. The number of aliphatic hydroxyl groups is 2. The van der Waals surface area contributed by atoms with E-state index in [1.165, 1.54) is 6.92 Å². The number of amides is 1. The van der Waals surface area contributed by atoms with Gasteiger partial charge >= 0.3 is 5.97 Å². The van der Waals surface area contributed by atoms with Crippen LogP contribution in [0.1, 0.15) is 40.0 Å². The van der Waals surface area contributed by atoms with Gasteiger partial charge in [-0.05, 0) is 25.7 Å². The van der Waals surface area contributed by atoms with Gasteiger partial charge in [0.15, 0.2) is 0 Å². The number of aliphatic carboxylic acids is 1. The maximum Gasteiger partial charge on any atom is 0.320 e. The summed E-state index contributed by atoms with van der Waals surface area (Å²) >= 11 is 0. The van der Waals surface area contributed by atoms with Crippen molar-refractivity contribution < 1.29 is 24.9 Å². The minimum absolute atomic E-state index is 0.0135. The van der Waals surface area contributed by atoms with E-state index in [1.807, 2.05) is 24.8 Å². The van der Waals surface area contributed by atoms with Crippen molar-refractivity contribution in [1.29, 1.82) is 0 Å². The fourth-order valence-electron chi connectivity index (χ4n) is 2.74. The molecule has 3 atom stereocenters. The van der Waals surface area contributed by atoms with E-state index in [0.29, 0.717) is 25.4 Å². The largest absolute Gasteiger partial charge is 0.480 e. The molecule has 0 radical (unpaired) electrons. The lowest BCUT2D eigenvalue weighted by Gasteiger charge is -2.23. The highest BCUT2D eigenvalue weighted by Gasteiger charge is 2.36. The third kappa shape index (κ3) is 9.64. The van der Waals surface area contributed by atoms with E-state index in [1.54, 1.807) is 0 Å². The summed E-state index contributed by atoms with van der Waals surface area (Å²) in [4.78, 5) is 23.0. The Kier molecular flexibility index (Phi) is 12.1. The van der Waals surface area contributed by atoms with Crippen molar-refractivity contribution in [2.75, 3.05) is 26.2 Å². The summed E-state index contributed by atoms with van der Waals surface area (Å²) in [5.74, 6) is -0.579. The first kappa shape index (κ1) is 22.6. The number of hydrogen-bond acceptors (Lipinski definition) is 5. The molecule has 7 heteroatoms. The molecule has 0 bridgehead atoms. The van der Waals surface area contributed by atoms with Gasteiger partial charge in [0.2, 0.25) is 5.91 Å². The number of hydrogen-bond donors (Lipinski definition) is 4. The first-order chi connectivity index (χ1) is 11.3. The first-order valence-electron chi connectivity index (χ1n) is 8.48. The van der Waals surface area contributed by atoms with Gasteiger partial charge in [0, 0.05) is 26.6 Å². The average Bonchev–Trinajstić information content (AvgIpc) is 2.89. The van der Waals surface area contributed by atoms with Crippen LogP contribution >= 0.6 is 0 Å². The first-order valence-corrected chi connectivity index (χ1v) is 8.48. The number of rotatable bonds is 8. The number of β-amino-alcohol motifs (C(OH)–C–C–N with tert-alkyl or cyclic N) is 1. The lowest BCUT2D eigenvalue weighted by atomic mass is 10.1. The second-order valence-electron chi connectivity index (χ2n) is 5.98. The molecule has 1 amide bonds. The monoisotopic (exact) mass is 344 g/mol. The van der Waals surface area contributed by atoms with E-state index < -0.39 is 18.1 Å². The highest BCUT2D eigenvalue weighted by atomic mass is 16.4. The molecular formula is C17H32N2O5. The topological polar surface area (TPSA) is 110 Å². The average molecular weight is 344 g/mol. The molecule has 1 fully saturated rings. The number of carboxylic acids is 1. The summed E-state index contributed by atoms with van der Waals surface area (Å²) in [7, 11) is 0. The minimum atomic E-state index is -0.777. The molecule has 0 aromatic carbocycles. The molecule has 0 saturated carbocycles. The summed E-state index contributed by atoms with van der Waals surface area (Å²) < 4.78 is 0. The Morgan fingerprint density at radius 2 is 2.08 bits per heavy atom. The summed E-state index contributed by atoms with van der Waals surface area (Å²) in [5, 5.41) is 29.4. The molecule has 1 saturated heterocycles. The maximum absolute atomic E-state index is 11.2. The number of carbonyl (C=O) groups is 2. The third-order valence-electron chi connectivity index (χ3n) is 3.74. The van der Waals surface area contributed by atoms with Crippen LogP contribution in [-0.2, 0) is 9.59 Å². The Labute approximate surface area is 144 Å². The van der Waals surface area contributed by atoms with Crippen LogP contribution in [0, 0.1) is 5.92 Å². The van der Waals surface area contributed by atoms with Crippen LogP contribution in [0.3, 0.4) is 0 Å². The van der Waals surface area contributed by atoms with Crippen LogP contribution in [0.4, 0.5) is 0 Å². The number of nitrogens with zero attached hydrogens (tertiary/aromatic N) is 1. The van der Waals surface area contributed by atoms with E-state index in [-0.39, 0.29) is 12.5 Å². The van der Waals surface area contributed by atoms with E-state index in [0.717, 1.165) is 19.4 Å². The lowest BCUT2D eigenvalue weighted by molar-refractivity contribution is -0.142. The van der Waals surface area contributed by atoms with Crippen molar-refractivity contribution in [3.8, 4) is 0 Å². The second-order valence-corrected chi connectivity index (χ2v) is 5.98. The number of nitrogens with one attached hydrogen (secondary N) is 1. The van der Waals surface area contributed by atoms with Crippen LogP contribution in [0.2, 0.25) is 0 Å². The molecule has 0 spiro atoms. The molecule has 1 unspecified atom stereocenters. The predicted octanol–water partition coefficient (Wildman–Crippen LogP) is 0.613. The quantitative estimate of drug-likeness (QED) is 0.480. The fraction of sp³-hybridized carbons (Fsp3) is 0.765. The van der Waals surface area contributed by atoms with Gasteiger partial charge in [-0.3, -0.25) is 14.5 Å². The Hall–Kier alpha value is -1.44. The van der Waals surface area contributed by atoms with Crippen LogP contribution < -0.4 is 5.32 Å². The van der Waals surface area contributed by atoms with E-state index in [9.17, 15) is 14.7 Å². The SMILES string of the molecule is CC(=O)NCCO.CC=C[C@@H]1C[C@H](C(=O)O)N(CC(O)CCC)C1. The molecule has 140 valence electrons. The Bertz CT molecular complexity index is 400. The van der Waals surface area contributed by atoms with Gasteiger partial charge in [-0.25, -0.2) is 0 Å². The zero-order chi connectivity index (χ0) is 18.5. The van der Waals surface area contributed by atoms with Gasteiger partial charge in [-0.15, -0.1) is 0 Å². The fourth-order valence-corrected chi connectivity index (χ4v) is 2.74. The molecule has 1 aliphatic heterocycles. The number of carboxylic acid groups (broad SMARTS) is 1. The van der Waals surface area contributed by atoms with Crippen molar-refractivity contribution >= 4 is 11.9 Å². The van der Waals surface area contributed by atoms with E-state index in [2.05, 4.69) is 11.4 Å². The molecular weight excluding hydrogens is 312 g/mol. The summed E-state index contributed by atoms with van der Waals surface area (Å²) in [6.45, 7) is 6.96. The molecule has 0 aromatic heterocycles. The molecule has 1 aliphatic rings. The molecule has 0 aliphatic carbocycles. The van der Waals surface area contributed by atoms with Crippen molar-refractivity contribution in [3.63, 3.8) is 0 Å². The van der Waals surface area contributed by atoms with Crippen molar-refractivity contribution in [2.24, 2.45) is 5.92 Å². The normalized spacial score (nSPS) is 22.0. The maximum atomic E-state index is 11.2. The van der Waals surface area contributed by atoms with Gasteiger partial charge < -0.3 is 20.6 Å².